The van der Waals surface area contributed by atoms with Gasteiger partial charge in [-0.25, -0.2) is 0 Å². The molecule has 0 aromatic rings. The molecule has 2 aliphatic rings. The second kappa shape index (κ2) is 2.03. The van der Waals surface area contributed by atoms with Crippen LogP contribution < -0.4 is 5.32 Å². The fourth-order valence-corrected chi connectivity index (χ4v) is 2.61. The fraction of sp³-hybridized carbons (Fsp3) is 0.833. The summed E-state index contributed by atoms with van der Waals surface area (Å²) < 4.78 is -0.783. The first-order chi connectivity index (χ1) is 5.05. The van der Waals surface area contributed by atoms with E-state index in [2.05, 4.69) is 5.32 Å². The number of nitrogens with one attached hydrogen (secondary N) is 1. The van der Waals surface area contributed by atoms with E-state index in [4.69, 9.17) is 28.3 Å². The molecular weight excluding hydrogens is 189 g/mol. The van der Waals surface area contributed by atoms with Crippen LogP contribution in [0.1, 0.15) is 0 Å². The zero-order valence-electron chi connectivity index (χ0n) is 5.55. The van der Waals surface area contributed by atoms with Crippen molar-refractivity contribution >= 4 is 29.2 Å². The molecule has 0 aromatic heterocycles. The molecule has 1 saturated heterocycles. The van der Waals surface area contributed by atoms with Crippen LogP contribution in [0.5, 0.6) is 0 Å². The molecule has 1 unspecified atom stereocenters. The Labute approximate surface area is 73.7 Å². The van der Waals surface area contributed by atoms with Gasteiger partial charge in [0.1, 0.15) is 10.4 Å². The number of hydrogen-bond acceptors (Lipinski definition) is 2. The van der Waals surface area contributed by atoms with Gasteiger partial charge in [-0.15, -0.1) is 23.2 Å². The molecule has 5 heteroatoms. The highest BCUT2D eigenvalue weighted by Gasteiger charge is 2.70. The minimum Gasteiger partial charge on any atom is -0.480 e. The summed E-state index contributed by atoms with van der Waals surface area (Å²) in [5, 5.41) is 11.5. The number of carboxylic acid groups (broad SMARTS) is 1. The third-order valence-corrected chi connectivity index (χ3v) is 3.51. The number of rotatable bonds is 1. The second-order valence-corrected chi connectivity index (χ2v) is 4.48. The Kier molecular flexibility index (Phi) is 1.41. The summed E-state index contributed by atoms with van der Waals surface area (Å²) in [6, 6.07) is -0.546. The van der Waals surface area contributed by atoms with E-state index >= 15 is 0 Å². The lowest BCUT2D eigenvalue weighted by atomic mass is 10.2. The van der Waals surface area contributed by atoms with E-state index < -0.39 is 16.3 Å². The smallest absolute Gasteiger partial charge is 0.321 e. The van der Waals surface area contributed by atoms with Gasteiger partial charge in [0, 0.05) is 18.4 Å². The van der Waals surface area contributed by atoms with Crippen LogP contribution in [0.4, 0.5) is 0 Å². The molecule has 0 radical (unpaired) electrons. The molecule has 0 spiro atoms. The number of piperidine rings is 1. The lowest BCUT2D eigenvalue weighted by Crippen LogP contribution is -2.37. The van der Waals surface area contributed by atoms with Crippen molar-refractivity contribution in [3.8, 4) is 0 Å². The van der Waals surface area contributed by atoms with E-state index in [1.165, 1.54) is 0 Å². The first kappa shape index (κ1) is 7.65. The fourth-order valence-electron chi connectivity index (χ4n) is 1.76. The Balaban J connectivity index is 2.13. The molecule has 2 N–H and O–H groups in total. The van der Waals surface area contributed by atoms with Crippen LogP contribution in [0, 0.1) is 11.8 Å². The Morgan fingerprint density at radius 1 is 1.64 bits per heavy atom. The first-order valence-electron chi connectivity index (χ1n) is 3.39. The Hall–Kier alpha value is 0.01000. The van der Waals surface area contributed by atoms with Crippen LogP contribution in [0.2, 0.25) is 0 Å². The Bertz CT molecular complexity index is 219. The van der Waals surface area contributed by atoms with Gasteiger partial charge in [-0.3, -0.25) is 4.79 Å². The molecule has 2 fully saturated rings. The number of aliphatic carboxylic acids is 1. The summed E-state index contributed by atoms with van der Waals surface area (Å²) in [5.74, 6) is -0.823. The monoisotopic (exact) mass is 195 g/mol. The predicted octanol–water partition coefficient (Wildman–Crippen LogP) is 0.463. The average molecular weight is 196 g/mol. The van der Waals surface area contributed by atoms with Gasteiger partial charge in [0.15, 0.2) is 0 Å². The van der Waals surface area contributed by atoms with Gasteiger partial charge in [0.2, 0.25) is 0 Å². The number of hydrogen-bond donors (Lipinski definition) is 2. The molecule has 1 heterocycles. The number of carboxylic acids is 1. The highest BCUT2D eigenvalue weighted by Crippen LogP contribution is 2.62. The highest BCUT2D eigenvalue weighted by molar-refractivity contribution is 6.51. The molecule has 62 valence electrons. The number of carbonyl (C=O) groups is 1. The maximum atomic E-state index is 10.5. The van der Waals surface area contributed by atoms with Crippen LogP contribution >= 0.6 is 23.2 Å². The van der Waals surface area contributed by atoms with Gasteiger partial charge in [-0.1, -0.05) is 0 Å². The van der Waals surface area contributed by atoms with E-state index in [9.17, 15) is 4.79 Å². The second-order valence-electron chi connectivity index (χ2n) is 3.03. The summed E-state index contributed by atoms with van der Waals surface area (Å²) in [7, 11) is 0. The highest BCUT2D eigenvalue weighted by atomic mass is 35.5. The molecule has 1 aliphatic heterocycles. The van der Waals surface area contributed by atoms with Gasteiger partial charge in [-0.05, 0) is 0 Å². The van der Waals surface area contributed by atoms with Crippen molar-refractivity contribution in [2.24, 2.45) is 11.8 Å². The van der Waals surface area contributed by atoms with Crippen molar-refractivity contribution in [3.63, 3.8) is 0 Å². The van der Waals surface area contributed by atoms with Gasteiger partial charge in [0.05, 0.1) is 0 Å². The van der Waals surface area contributed by atoms with Crippen molar-refractivity contribution in [3.05, 3.63) is 0 Å². The molecule has 3 nitrogen and oxygen atoms in total. The van der Waals surface area contributed by atoms with Crippen molar-refractivity contribution in [1.82, 2.24) is 5.32 Å². The van der Waals surface area contributed by atoms with Gasteiger partial charge >= 0.3 is 5.97 Å². The number of halogens is 2. The summed E-state index contributed by atoms with van der Waals surface area (Å²) in [4.78, 5) is 10.5. The van der Waals surface area contributed by atoms with Crippen molar-refractivity contribution in [2.45, 2.75) is 10.4 Å². The SMILES string of the molecule is O=C(O)C1NC[C@H]2[C@@H]1C2(Cl)Cl. The van der Waals surface area contributed by atoms with E-state index in [1.54, 1.807) is 0 Å². The minimum absolute atomic E-state index is 0.0941. The van der Waals surface area contributed by atoms with Crippen LogP contribution in [0.15, 0.2) is 0 Å². The third-order valence-electron chi connectivity index (χ3n) is 2.45. The maximum Gasteiger partial charge on any atom is 0.321 e. The molecule has 1 aliphatic carbocycles. The molecule has 11 heavy (non-hydrogen) atoms. The number of fused-ring (bicyclic) bond motifs is 1. The van der Waals surface area contributed by atoms with Gasteiger partial charge in [0.25, 0.3) is 0 Å². The minimum atomic E-state index is -0.860. The Morgan fingerprint density at radius 2 is 2.27 bits per heavy atom. The summed E-state index contributed by atoms with van der Waals surface area (Å²) in [6.07, 6.45) is 0. The van der Waals surface area contributed by atoms with E-state index in [1.807, 2.05) is 0 Å². The predicted molar refractivity (Wildman–Crippen MR) is 40.8 cm³/mol. The molecular formula is C6H7Cl2NO2. The molecule has 0 aromatic carbocycles. The Morgan fingerprint density at radius 3 is 2.55 bits per heavy atom. The topological polar surface area (TPSA) is 49.3 Å². The lowest BCUT2D eigenvalue weighted by Gasteiger charge is -2.11. The largest absolute Gasteiger partial charge is 0.480 e. The van der Waals surface area contributed by atoms with Crippen LogP contribution in [-0.2, 0) is 4.79 Å². The maximum absolute atomic E-state index is 10.5. The van der Waals surface area contributed by atoms with Gasteiger partial charge in [-0.2, -0.15) is 0 Å². The quantitative estimate of drug-likeness (QED) is 0.599. The number of alkyl halides is 2. The molecule has 2 rings (SSSR count). The lowest BCUT2D eigenvalue weighted by molar-refractivity contribution is -0.139. The van der Waals surface area contributed by atoms with Crippen LogP contribution in [0.25, 0.3) is 0 Å². The average Bonchev–Trinajstić information content (AvgIpc) is 2.34. The van der Waals surface area contributed by atoms with Crippen molar-refractivity contribution < 1.29 is 9.90 Å². The standard InChI is InChI=1S/C6H7Cl2NO2/c7-6(8)2-1-9-4(3(2)6)5(10)11/h2-4,9H,1H2,(H,10,11)/t2-,3-,4?/m0/s1. The van der Waals surface area contributed by atoms with Crippen molar-refractivity contribution in [2.75, 3.05) is 6.54 Å². The zero-order valence-corrected chi connectivity index (χ0v) is 7.06. The summed E-state index contributed by atoms with van der Waals surface area (Å²) in [6.45, 7) is 0.620. The van der Waals surface area contributed by atoms with E-state index in [0.29, 0.717) is 6.54 Å². The van der Waals surface area contributed by atoms with E-state index in [0.717, 1.165) is 0 Å². The van der Waals surface area contributed by atoms with Gasteiger partial charge < -0.3 is 10.4 Å². The first-order valence-corrected chi connectivity index (χ1v) is 4.14. The molecule has 0 bridgehead atoms. The van der Waals surface area contributed by atoms with Crippen molar-refractivity contribution in [1.29, 1.82) is 0 Å². The normalized spacial score (nSPS) is 45.1. The zero-order chi connectivity index (χ0) is 8.22. The summed E-state index contributed by atoms with van der Waals surface area (Å²) >= 11 is 11.6. The van der Waals surface area contributed by atoms with Crippen LogP contribution in [-0.4, -0.2) is 28.0 Å². The molecule has 0 amide bonds. The van der Waals surface area contributed by atoms with E-state index in [-0.39, 0.29) is 11.8 Å². The molecule has 1 saturated carbocycles. The summed E-state index contributed by atoms with van der Waals surface area (Å²) in [5.41, 5.74) is 0. The van der Waals surface area contributed by atoms with Crippen LogP contribution in [0.3, 0.4) is 0 Å². The molecule has 3 atom stereocenters. The third kappa shape index (κ3) is 0.880.